The maximum absolute atomic E-state index is 10.4. The van der Waals surface area contributed by atoms with Crippen LogP contribution in [0.3, 0.4) is 0 Å². The predicted molar refractivity (Wildman–Crippen MR) is 49.1 cm³/mol. The summed E-state index contributed by atoms with van der Waals surface area (Å²) in [5.41, 5.74) is -0.978. The summed E-state index contributed by atoms with van der Waals surface area (Å²) < 4.78 is 0. The summed E-state index contributed by atoms with van der Waals surface area (Å²) in [7, 11) is 2.24. The van der Waals surface area contributed by atoms with E-state index in [9.17, 15) is 20.2 Å². The number of nitro groups is 2. The van der Waals surface area contributed by atoms with Crippen LogP contribution in [-0.4, -0.2) is 9.85 Å². The molecule has 0 aliphatic rings. The van der Waals surface area contributed by atoms with Crippen LogP contribution < -0.4 is 5.30 Å². The van der Waals surface area contributed by atoms with Crippen LogP contribution in [0, 0.1) is 20.2 Å². The zero-order valence-electron chi connectivity index (χ0n) is 6.34. The van der Waals surface area contributed by atoms with Crippen molar-refractivity contribution in [3.05, 3.63) is 38.4 Å². The minimum absolute atomic E-state index is 0.488. The topological polar surface area (TPSA) is 86.3 Å². The van der Waals surface area contributed by atoms with E-state index >= 15 is 0 Å². The van der Waals surface area contributed by atoms with Crippen molar-refractivity contribution in [2.24, 2.45) is 0 Å². The highest BCUT2D eigenvalue weighted by molar-refractivity contribution is 7.27. The van der Waals surface area contributed by atoms with Gasteiger partial charge in [-0.3, -0.25) is 20.2 Å². The monoisotopic (exact) mass is 200 g/mol. The van der Waals surface area contributed by atoms with E-state index in [0.29, 0.717) is 5.30 Å². The lowest BCUT2D eigenvalue weighted by Crippen LogP contribution is -2.00. The van der Waals surface area contributed by atoms with Gasteiger partial charge in [0.2, 0.25) is 0 Å². The van der Waals surface area contributed by atoms with E-state index < -0.39 is 21.2 Å². The van der Waals surface area contributed by atoms with Gasteiger partial charge in [-0.05, 0) is 11.4 Å². The molecule has 0 aromatic heterocycles. The molecule has 0 radical (unpaired) electrons. The van der Waals surface area contributed by atoms with Gasteiger partial charge in [0.25, 0.3) is 0 Å². The third-order valence-corrected chi connectivity index (χ3v) is 1.75. The summed E-state index contributed by atoms with van der Waals surface area (Å²) in [4.78, 5) is 19.2. The fraction of sp³-hybridized carbons (Fsp3) is 0. The number of hydrogen-bond donors (Lipinski definition) is 0. The molecule has 1 aromatic carbocycles. The fourth-order valence-corrected chi connectivity index (χ4v) is 1.10. The van der Waals surface area contributed by atoms with Crippen molar-refractivity contribution in [2.45, 2.75) is 0 Å². The minimum atomic E-state index is -0.776. The number of rotatable bonds is 2. The standard InChI is InChI=1S/C6H5N2O4P/c9-7(10)5-2-1-4(13)3-6(5)8(11)12/h1-3H,13H2. The Labute approximate surface area is 75.1 Å². The molecule has 0 spiro atoms. The summed E-state index contributed by atoms with van der Waals surface area (Å²) in [6.07, 6.45) is 0. The zero-order valence-corrected chi connectivity index (χ0v) is 7.49. The molecule has 1 rings (SSSR count). The molecule has 0 saturated heterocycles. The van der Waals surface area contributed by atoms with Gasteiger partial charge in [-0.25, -0.2) is 0 Å². The van der Waals surface area contributed by atoms with Crippen LogP contribution in [-0.2, 0) is 0 Å². The second kappa shape index (κ2) is 3.45. The number of benzene rings is 1. The smallest absolute Gasteiger partial charge is 0.258 e. The molecular formula is C6H5N2O4P. The molecule has 0 fully saturated rings. The summed E-state index contributed by atoms with van der Waals surface area (Å²) in [6.45, 7) is 0. The molecule has 0 saturated carbocycles. The molecule has 1 atom stereocenters. The third-order valence-electron chi connectivity index (χ3n) is 1.39. The molecule has 0 amide bonds. The van der Waals surface area contributed by atoms with Crippen LogP contribution in [0.25, 0.3) is 0 Å². The maximum Gasteiger partial charge on any atom is 0.346 e. The fourth-order valence-electron chi connectivity index (χ4n) is 0.841. The summed E-state index contributed by atoms with van der Waals surface area (Å²) in [5.74, 6) is 0. The Hall–Kier alpha value is -1.55. The maximum atomic E-state index is 10.4. The Kier molecular flexibility index (Phi) is 2.53. The molecule has 0 aliphatic heterocycles. The molecule has 0 heterocycles. The Balaban J connectivity index is 3.35. The van der Waals surface area contributed by atoms with Crippen LogP contribution in [0.15, 0.2) is 18.2 Å². The van der Waals surface area contributed by atoms with Gasteiger partial charge in [0.05, 0.1) is 9.85 Å². The average molecular weight is 200 g/mol. The Morgan fingerprint density at radius 3 is 2.08 bits per heavy atom. The Bertz CT molecular complexity index is 379. The highest BCUT2D eigenvalue weighted by Gasteiger charge is 2.22. The van der Waals surface area contributed by atoms with Crippen molar-refractivity contribution < 1.29 is 9.85 Å². The summed E-state index contributed by atoms with van der Waals surface area (Å²) in [5, 5.41) is 21.2. The van der Waals surface area contributed by atoms with E-state index in [1.54, 1.807) is 0 Å². The number of nitro benzene ring substituents is 2. The van der Waals surface area contributed by atoms with E-state index in [4.69, 9.17) is 0 Å². The van der Waals surface area contributed by atoms with Crippen molar-refractivity contribution in [3.63, 3.8) is 0 Å². The SMILES string of the molecule is O=[N+]([O-])c1ccc(P)cc1[N+](=O)[O-]. The molecule has 1 aromatic rings. The van der Waals surface area contributed by atoms with E-state index in [0.717, 1.165) is 12.1 Å². The van der Waals surface area contributed by atoms with Gasteiger partial charge in [0, 0.05) is 12.1 Å². The van der Waals surface area contributed by atoms with E-state index in [1.165, 1.54) is 6.07 Å². The van der Waals surface area contributed by atoms with Crippen LogP contribution in [0.2, 0.25) is 0 Å². The van der Waals surface area contributed by atoms with Gasteiger partial charge in [-0.15, -0.1) is 9.24 Å². The largest absolute Gasteiger partial charge is 0.346 e. The molecular weight excluding hydrogens is 195 g/mol. The lowest BCUT2D eigenvalue weighted by molar-refractivity contribution is -0.422. The second-order valence-electron chi connectivity index (χ2n) is 2.26. The highest BCUT2D eigenvalue weighted by Crippen LogP contribution is 2.24. The summed E-state index contributed by atoms with van der Waals surface area (Å²) >= 11 is 0. The van der Waals surface area contributed by atoms with Gasteiger partial charge in [-0.2, -0.15) is 0 Å². The first kappa shape index (κ1) is 9.54. The highest BCUT2D eigenvalue weighted by atomic mass is 31.0. The molecule has 0 bridgehead atoms. The lowest BCUT2D eigenvalue weighted by Gasteiger charge is -1.95. The first-order chi connectivity index (χ1) is 6.02. The molecule has 7 heteroatoms. The molecule has 6 nitrogen and oxygen atoms in total. The van der Waals surface area contributed by atoms with E-state index in [1.807, 2.05) is 0 Å². The van der Waals surface area contributed by atoms with Crippen LogP contribution >= 0.6 is 9.24 Å². The van der Waals surface area contributed by atoms with Crippen LogP contribution in [0.1, 0.15) is 0 Å². The molecule has 0 N–H and O–H groups in total. The molecule has 1 unspecified atom stereocenters. The quantitative estimate of drug-likeness (QED) is 0.404. The van der Waals surface area contributed by atoms with Gasteiger partial charge in [0.15, 0.2) is 0 Å². The predicted octanol–water partition coefficient (Wildman–Crippen LogP) is 1.00. The van der Waals surface area contributed by atoms with Crippen molar-refractivity contribution in [1.29, 1.82) is 0 Å². The third kappa shape index (κ3) is 1.97. The summed E-state index contributed by atoms with van der Waals surface area (Å²) in [6, 6.07) is 3.68. The number of nitrogens with zero attached hydrogens (tertiary/aromatic N) is 2. The van der Waals surface area contributed by atoms with Gasteiger partial charge in [-0.1, -0.05) is 0 Å². The second-order valence-corrected chi connectivity index (χ2v) is 2.93. The molecule has 68 valence electrons. The van der Waals surface area contributed by atoms with E-state index in [2.05, 4.69) is 9.24 Å². The molecule has 13 heavy (non-hydrogen) atoms. The lowest BCUT2D eigenvalue weighted by atomic mass is 10.3. The van der Waals surface area contributed by atoms with Gasteiger partial charge >= 0.3 is 11.4 Å². The first-order valence-corrected chi connectivity index (χ1v) is 3.78. The van der Waals surface area contributed by atoms with Gasteiger partial charge < -0.3 is 0 Å². The van der Waals surface area contributed by atoms with Crippen LogP contribution in [0.4, 0.5) is 11.4 Å². The zero-order chi connectivity index (χ0) is 10.0. The van der Waals surface area contributed by atoms with E-state index in [-0.39, 0.29) is 0 Å². The normalized spacial score (nSPS) is 9.62. The average Bonchev–Trinajstić information content (AvgIpc) is 2.03. The Morgan fingerprint density at radius 1 is 1.08 bits per heavy atom. The molecule has 0 aliphatic carbocycles. The first-order valence-electron chi connectivity index (χ1n) is 3.20. The van der Waals surface area contributed by atoms with Crippen molar-refractivity contribution in [1.82, 2.24) is 0 Å². The van der Waals surface area contributed by atoms with Crippen LogP contribution in [0.5, 0.6) is 0 Å². The number of hydrogen-bond acceptors (Lipinski definition) is 4. The minimum Gasteiger partial charge on any atom is -0.258 e. The van der Waals surface area contributed by atoms with Crippen molar-refractivity contribution in [2.75, 3.05) is 0 Å². The van der Waals surface area contributed by atoms with Crippen molar-refractivity contribution >= 4 is 25.9 Å². The van der Waals surface area contributed by atoms with Crippen molar-refractivity contribution in [3.8, 4) is 0 Å². The Morgan fingerprint density at radius 2 is 1.62 bits per heavy atom. The van der Waals surface area contributed by atoms with Gasteiger partial charge in [0.1, 0.15) is 0 Å².